The fourth-order valence-electron chi connectivity index (χ4n) is 2.78. The van der Waals surface area contributed by atoms with Crippen LogP contribution in [0.1, 0.15) is 11.3 Å². The monoisotopic (exact) mass is 374 g/mol. The molecule has 0 amide bonds. The number of fused-ring (bicyclic) bond motifs is 1. The molecule has 26 heavy (non-hydrogen) atoms. The van der Waals surface area contributed by atoms with E-state index in [1.54, 1.807) is 30.3 Å². The van der Waals surface area contributed by atoms with Crippen molar-refractivity contribution in [1.82, 2.24) is 14.8 Å². The van der Waals surface area contributed by atoms with Gasteiger partial charge in [-0.1, -0.05) is 47.7 Å². The van der Waals surface area contributed by atoms with Gasteiger partial charge in [-0.25, -0.2) is 4.98 Å². The summed E-state index contributed by atoms with van der Waals surface area (Å²) < 4.78 is 42.6. The number of thiazole rings is 1. The van der Waals surface area contributed by atoms with Crippen molar-refractivity contribution >= 4 is 27.4 Å². The number of rotatable bonds is 2. The van der Waals surface area contributed by atoms with Gasteiger partial charge in [0.1, 0.15) is 5.82 Å². The van der Waals surface area contributed by atoms with Gasteiger partial charge < -0.3 is 5.73 Å². The van der Waals surface area contributed by atoms with Crippen LogP contribution in [-0.2, 0) is 6.18 Å². The molecule has 2 aromatic heterocycles. The van der Waals surface area contributed by atoms with E-state index in [2.05, 4.69) is 10.1 Å². The fourth-order valence-corrected chi connectivity index (χ4v) is 3.80. The van der Waals surface area contributed by atoms with Gasteiger partial charge in [0.15, 0.2) is 5.69 Å². The van der Waals surface area contributed by atoms with Gasteiger partial charge in [0.05, 0.1) is 15.8 Å². The molecule has 0 fully saturated rings. The van der Waals surface area contributed by atoms with E-state index in [0.717, 1.165) is 14.9 Å². The fraction of sp³-hybridized carbons (Fsp3) is 0.111. The van der Waals surface area contributed by atoms with Crippen LogP contribution < -0.4 is 5.73 Å². The number of aromatic nitrogens is 3. The maximum absolute atomic E-state index is 13.6. The summed E-state index contributed by atoms with van der Waals surface area (Å²) in [5.74, 6) is -0.0840. The summed E-state index contributed by atoms with van der Waals surface area (Å²) in [6.45, 7) is 1.94. The molecule has 0 bridgehead atoms. The Bertz CT molecular complexity index is 1100. The number of hydrogen-bond donors (Lipinski definition) is 1. The van der Waals surface area contributed by atoms with Crippen molar-refractivity contribution < 1.29 is 13.2 Å². The quantitative estimate of drug-likeness (QED) is 0.534. The highest BCUT2D eigenvalue weighted by Gasteiger charge is 2.39. The number of nitrogens with zero attached hydrogens (tertiary/aromatic N) is 3. The van der Waals surface area contributed by atoms with Crippen LogP contribution in [0.4, 0.5) is 19.0 Å². The van der Waals surface area contributed by atoms with Gasteiger partial charge in [0.2, 0.25) is 5.13 Å². The Hall–Kier alpha value is -2.87. The summed E-state index contributed by atoms with van der Waals surface area (Å²) in [4.78, 5) is 4.39. The minimum atomic E-state index is -4.63. The second kappa shape index (κ2) is 5.84. The molecule has 0 saturated carbocycles. The van der Waals surface area contributed by atoms with Crippen molar-refractivity contribution in [2.75, 3.05) is 5.73 Å². The number of benzene rings is 2. The number of aryl methyl sites for hydroxylation is 1. The first-order valence-corrected chi connectivity index (χ1v) is 8.55. The van der Waals surface area contributed by atoms with Crippen LogP contribution in [0, 0.1) is 6.92 Å². The Kier molecular flexibility index (Phi) is 3.73. The number of alkyl halides is 3. The molecule has 0 aliphatic heterocycles. The van der Waals surface area contributed by atoms with E-state index in [1.807, 2.05) is 25.1 Å². The second-order valence-corrected chi connectivity index (χ2v) is 6.86. The average Bonchev–Trinajstić information content (AvgIpc) is 3.15. The van der Waals surface area contributed by atoms with Gasteiger partial charge in [-0.15, -0.1) is 0 Å². The Morgan fingerprint density at radius 2 is 1.81 bits per heavy atom. The largest absolute Gasteiger partial charge is 0.435 e. The number of nitrogen functional groups attached to an aromatic ring is 1. The third-order valence-electron chi connectivity index (χ3n) is 3.97. The zero-order chi connectivity index (χ0) is 18.5. The zero-order valence-corrected chi connectivity index (χ0v) is 14.4. The molecule has 0 aliphatic carbocycles. The summed E-state index contributed by atoms with van der Waals surface area (Å²) in [7, 11) is 0. The first-order valence-electron chi connectivity index (χ1n) is 7.73. The van der Waals surface area contributed by atoms with Gasteiger partial charge in [0.25, 0.3) is 0 Å². The topological polar surface area (TPSA) is 56.7 Å². The third-order valence-corrected chi connectivity index (χ3v) is 4.96. The van der Waals surface area contributed by atoms with E-state index < -0.39 is 11.9 Å². The van der Waals surface area contributed by atoms with Crippen LogP contribution >= 0.6 is 11.3 Å². The molecule has 2 aromatic carbocycles. The van der Waals surface area contributed by atoms with E-state index in [-0.39, 0.29) is 11.4 Å². The summed E-state index contributed by atoms with van der Waals surface area (Å²) >= 11 is 1.25. The summed E-state index contributed by atoms with van der Waals surface area (Å²) in [6, 6.07) is 13.9. The van der Waals surface area contributed by atoms with E-state index in [1.165, 1.54) is 11.3 Å². The van der Waals surface area contributed by atoms with E-state index in [9.17, 15) is 13.2 Å². The Morgan fingerprint density at radius 3 is 2.50 bits per heavy atom. The predicted octanol–water partition coefficient (Wildman–Crippen LogP) is 5.06. The van der Waals surface area contributed by atoms with Crippen molar-refractivity contribution in [2.45, 2.75) is 13.1 Å². The van der Waals surface area contributed by atoms with Gasteiger partial charge in [0, 0.05) is 0 Å². The number of anilines is 1. The highest BCUT2D eigenvalue weighted by molar-refractivity contribution is 7.20. The molecule has 0 unspecified atom stereocenters. The molecular formula is C18H13F3N4S. The van der Waals surface area contributed by atoms with Crippen LogP contribution in [0.5, 0.6) is 0 Å². The lowest BCUT2D eigenvalue weighted by atomic mass is 10.1. The molecule has 132 valence electrons. The van der Waals surface area contributed by atoms with E-state index in [4.69, 9.17) is 5.73 Å². The molecule has 0 spiro atoms. The van der Waals surface area contributed by atoms with Crippen LogP contribution in [0.2, 0.25) is 0 Å². The molecule has 2 heterocycles. The van der Waals surface area contributed by atoms with E-state index in [0.29, 0.717) is 16.2 Å². The maximum Gasteiger partial charge on any atom is 0.435 e. The summed E-state index contributed by atoms with van der Waals surface area (Å²) in [6.07, 6.45) is -4.63. The molecule has 2 N–H and O–H groups in total. The Labute approximate surface area is 150 Å². The minimum absolute atomic E-state index is 0.0840. The van der Waals surface area contributed by atoms with Crippen molar-refractivity contribution in [3.05, 3.63) is 59.8 Å². The zero-order valence-electron chi connectivity index (χ0n) is 13.6. The van der Waals surface area contributed by atoms with Gasteiger partial charge in [-0.05, 0) is 30.2 Å². The normalized spacial score (nSPS) is 12.0. The second-order valence-electron chi connectivity index (χ2n) is 5.85. The van der Waals surface area contributed by atoms with Gasteiger partial charge in [-0.2, -0.15) is 23.0 Å². The molecule has 0 atom stereocenters. The average molecular weight is 374 g/mol. The lowest BCUT2D eigenvalue weighted by Gasteiger charge is -2.06. The lowest BCUT2D eigenvalue weighted by molar-refractivity contribution is -0.140. The summed E-state index contributed by atoms with van der Waals surface area (Å²) in [5.41, 5.74) is 7.04. The van der Waals surface area contributed by atoms with Crippen molar-refractivity contribution in [2.24, 2.45) is 0 Å². The molecule has 0 saturated heterocycles. The van der Waals surface area contributed by atoms with Crippen LogP contribution in [0.25, 0.3) is 26.5 Å². The first-order chi connectivity index (χ1) is 12.3. The lowest BCUT2D eigenvalue weighted by Crippen LogP contribution is -2.08. The smallest absolute Gasteiger partial charge is 0.383 e. The third kappa shape index (κ3) is 2.72. The highest BCUT2D eigenvalue weighted by Crippen LogP contribution is 2.41. The van der Waals surface area contributed by atoms with Crippen molar-refractivity contribution in [3.63, 3.8) is 0 Å². The minimum Gasteiger partial charge on any atom is -0.383 e. The predicted molar refractivity (Wildman–Crippen MR) is 96.3 cm³/mol. The van der Waals surface area contributed by atoms with E-state index >= 15 is 0 Å². The number of nitrogens with two attached hydrogens (primary N) is 1. The highest BCUT2D eigenvalue weighted by atomic mass is 32.1. The molecule has 4 nitrogen and oxygen atoms in total. The van der Waals surface area contributed by atoms with Crippen LogP contribution in [0.3, 0.4) is 0 Å². The maximum atomic E-state index is 13.6. The standard InChI is InChI=1S/C18H13F3N4S/c1-10-7-8-12-13(9-10)26-17(23-12)25-16(22)14(11-5-3-2-4-6-11)15(24-25)18(19,20)21/h2-9H,22H2,1H3. The number of hydrogen-bond acceptors (Lipinski definition) is 4. The molecule has 4 rings (SSSR count). The van der Waals surface area contributed by atoms with Crippen LogP contribution in [-0.4, -0.2) is 14.8 Å². The molecular weight excluding hydrogens is 361 g/mol. The molecule has 8 heteroatoms. The SMILES string of the molecule is Cc1ccc2nc(-n3nc(C(F)(F)F)c(-c4ccccc4)c3N)sc2c1. The first kappa shape index (κ1) is 16.6. The Balaban J connectivity index is 1.96. The van der Waals surface area contributed by atoms with Crippen molar-refractivity contribution in [1.29, 1.82) is 0 Å². The van der Waals surface area contributed by atoms with Gasteiger partial charge in [-0.3, -0.25) is 0 Å². The molecule has 0 radical (unpaired) electrons. The molecule has 4 aromatic rings. The van der Waals surface area contributed by atoms with Gasteiger partial charge >= 0.3 is 6.18 Å². The summed E-state index contributed by atoms with van der Waals surface area (Å²) in [5, 5.41) is 4.06. The van der Waals surface area contributed by atoms with Crippen LogP contribution in [0.15, 0.2) is 48.5 Å². The molecule has 0 aliphatic rings. The Morgan fingerprint density at radius 1 is 1.08 bits per heavy atom. The number of halogens is 3. The van der Waals surface area contributed by atoms with Crippen molar-refractivity contribution in [3.8, 4) is 16.3 Å².